The molecule has 0 aromatic heterocycles. The molecule has 2 amide bonds. The molecule has 0 radical (unpaired) electrons. The van der Waals surface area contributed by atoms with Crippen molar-refractivity contribution in [1.29, 1.82) is 0 Å². The molecular weight excluding hydrogens is 400 g/mol. The van der Waals surface area contributed by atoms with E-state index in [2.05, 4.69) is 72.1 Å². The van der Waals surface area contributed by atoms with Gasteiger partial charge in [0.1, 0.15) is 0 Å². The number of hydrogen-bond donors (Lipinski definition) is 2. The Labute approximate surface area is 196 Å². The van der Waals surface area contributed by atoms with Gasteiger partial charge in [-0.15, -0.1) is 0 Å². The van der Waals surface area contributed by atoms with Crippen LogP contribution in [0.25, 0.3) is 0 Å². The predicted octanol–water partition coefficient (Wildman–Crippen LogP) is 4.21. The van der Waals surface area contributed by atoms with Gasteiger partial charge in [-0.25, -0.2) is 0 Å². The summed E-state index contributed by atoms with van der Waals surface area (Å²) in [6.45, 7) is 18.5. The van der Waals surface area contributed by atoms with E-state index in [4.69, 9.17) is 0 Å². The van der Waals surface area contributed by atoms with E-state index >= 15 is 0 Å². The third-order valence-corrected chi connectivity index (χ3v) is 6.80. The smallest absolute Gasteiger partial charge is 0.213 e. The van der Waals surface area contributed by atoms with Crippen molar-refractivity contribution in [2.75, 3.05) is 6.54 Å². The fourth-order valence-electron chi connectivity index (χ4n) is 6.30. The second kappa shape index (κ2) is 10.3. The van der Waals surface area contributed by atoms with Crippen molar-refractivity contribution >= 4 is 12.8 Å². The van der Waals surface area contributed by atoms with Gasteiger partial charge in [-0.2, -0.15) is 0 Å². The second-order valence-electron chi connectivity index (χ2n) is 12.7. The summed E-state index contributed by atoms with van der Waals surface area (Å²) in [7, 11) is 0. The summed E-state index contributed by atoms with van der Waals surface area (Å²) >= 11 is 0. The number of rotatable bonds is 10. The van der Waals surface area contributed by atoms with Gasteiger partial charge in [0.05, 0.1) is 0 Å². The molecular formula is C26H48N4O2. The van der Waals surface area contributed by atoms with E-state index in [0.29, 0.717) is 0 Å². The number of amides is 2. The molecule has 2 N–H and O–H groups in total. The van der Waals surface area contributed by atoms with Crippen molar-refractivity contribution in [1.82, 2.24) is 20.4 Å². The van der Waals surface area contributed by atoms with E-state index in [9.17, 15) is 9.59 Å². The van der Waals surface area contributed by atoms with Gasteiger partial charge in [-0.1, -0.05) is 6.08 Å². The van der Waals surface area contributed by atoms with Crippen molar-refractivity contribution in [3.8, 4) is 0 Å². The normalized spacial score (nSPS) is 24.9. The summed E-state index contributed by atoms with van der Waals surface area (Å²) < 4.78 is 0. The van der Waals surface area contributed by atoms with E-state index in [1.54, 1.807) is 0 Å². The third kappa shape index (κ3) is 8.18. The Kier molecular flexibility index (Phi) is 8.60. The van der Waals surface area contributed by atoms with Crippen LogP contribution in [0, 0.1) is 0 Å². The molecule has 2 heterocycles. The van der Waals surface area contributed by atoms with Crippen LogP contribution in [0.2, 0.25) is 0 Å². The fourth-order valence-corrected chi connectivity index (χ4v) is 6.30. The maximum absolute atomic E-state index is 11.8. The van der Waals surface area contributed by atoms with Crippen LogP contribution in [0.3, 0.4) is 0 Å². The lowest BCUT2D eigenvalue weighted by molar-refractivity contribution is -0.122. The number of nitrogens with one attached hydrogen (secondary N) is 2. The average Bonchev–Trinajstić information content (AvgIpc) is 2.58. The molecule has 0 aromatic rings. The lowest BCUT2D eigenvalue weighted by Crippen LogP contribution is -2.62. The molecule has 6 nitrogen and oxygen atoms in total. The number of unbranched alkanes of at least 4 members (excludes halogenated alkanes) is 2. The van der Waals surface area contributed by atoms with Gasteiger partial charge in [-0.05, 0) is 100 Å². The number of allylic oxidation sites excluding steroid dienone is 1. The molecule has 2 fully saturated rings. The number of carbonyl (C=O) groups excluding carboxylic acids is 2. The molecule has 2 rings (SSSR count). The average molecular weight is 449 g/mol. The first-order valence-corrected chi connectivity index (χ1v) is 12.4. The van der Waals surface area contributed by atoms with Crippen LogP contribution in [0.1, 0.15) is 100 Å². The Morgan fingerprint density at radius 3 is 1.62 bits per heavy atom. The largest absolute Gasteiger partial charge is 0.342 e. The van der Waals surface area contributed by atoms with Gasteiger partial charge in [-0.3, -0.25) is 9.59 Å². The van der Waals surface area contributed by atoms with Crippen molar-refractivity contribution in [2.45, 2.75) is 135 Å². The lowest BCUT2D eigenvalue weighted by atomic mass is 9.79. The zero-order valence-corrected chi connectivity index (χ0v) is 21.8. The van der Waals surface area contributed by atoms with Crippen LogP contribution in [-0.4, -0.2) is 63.4 Å². The molecule has 2 aliphatic rings. The standard InChI is InChI=1S/C26H48N4O2/c1-23(2)15-21(16-24(3,4)27-23)29(19-31)13-11-9-10-12-14-30(20-32)22-17-25(5,6)28-26(7,8)18-22/h11,13,19-22,27-28H,9-10,12,14-18H2,1-8H3. The monoisotopic (exact) mass is 448 g/mol. The lowest BCUT2D eigenvalue weighted by Gasteiger charge is -2.49. The van der Waals surface area contributed by atoms with Crippen LogP contribution in [0.4, 0.5) is 0 Å². The first kappa shape index (κ1) is 26.8. The zero-order valence-electron chi connectivity index (χ0n) is 21.8. The van der Waals surface area contributed by atoms with E-state index in [1.165, 1.54) is 0 Å². The number of nitrogens with zero attached hydrogens (tertiary/aromatic N) is 2. The Morgan fingerprint density at radius 2 is 1.19 bits per heavy atom. The minimum atomic E-state index is 0.0115. The SMILES string of the molecule is CC1(C)CC(N(C=O)C=CCCCCN(C=O)C2CC(C)(C)NC(C)(C)C2)CC(C)(C)N1. The number of hydrogen-bond acceptors (Lipinski definition) is 4. The van der Waals surface area contributed by atoms with Gasteiger partial charge in [0.15, 0.2) is 0 Å². The van der Waals surface area contributed by atoms with E-state index in [0.717, 1.165) is 64.3 Å². The Hall–Kier alpha value is -1.40. The Morgan fingerprint density at radius 1 is 0.719 bits per heavy atom. The van der Waals surface area contributed by atoms with Gasteiger partial charge in [0, 0.05) is 47.0 Å². The molecule has 0 saturated carbocycles. The first-order valence-electron chi connectivity index (χ1n) is 12.4. The molecule has 0 bridgehead atoms. The highest BCUT2D eigenvalue weighted by molar-refractivity contribution is 5.50. The quantitative estimate of drug-likeness (QED) is 0.388. The van der Waals surface area contributed by atoms with Gasteiger partial charge >= 0.3 is 0 Å². The molecule has 32 heavy (non-hydrogen) atoms. The van der Waals surface area contributed by atoms with Gasteiger partial charge < -0.3 is 20.4 Å². The Balaban J connectivity index is 1.81. The molecule has 0 atom stereocenters. The maximum atomic E-state index is 11.8. The summed E-state index contributed by atoms with van der Waals surface area (Å²) in [5, 5.41) is 7.36. The molecule has 0 aromatic carbocycles. The molecule has 0 unspecified atom stereocenters. The molecule has 0 spiro atoms. The molecule has 2 saturated heterocycles. The van der Waals surface area contributed by atoms with Crippen LogP contribution >= 0.6 is 0 Å². The van der Waals surface area contributed by atoms with Crippen LogP contribution in [-0.2, 0) is 9.59 Å². The summed E-state index contributed by atoms with van der Waals surface area (Å²) in [5.74, 6) is 0. The second-order valence-corrected chi connectivity index (χ2v) is 12.7. The summed E-state index contributed by atoms with van der Waals surface area (Å²) in [4.78, 5) is 27.4. The highest BCUT2D eigenvalue weighted by atomic mass is 16.1. The maximum Gasteiger partial charge on any atom is 0.213 e. The molecule has 2 aliphatic heterocycles. The number of carbonyl (C=O) groups is 2. The summed E-state index contributed by atoms with van der Waals surface area (Å²) in [6, 6.07) is 0.499. The third-order valence-electron chi connectivity index (χ3n) is 6.80. The molecule has 6 heteroatoms. The topological polar surface area (TPSA) is 64.7 Å². The highest BCUT2D eigenvalue weighted by Crippen LogP contribution is 2.32. The molecule has 184 valence electrons. The minimum Gasteiger partial charge on any atom is -0.342 e. The summed E-state index contributed by atoms with van der Waals surface area (Å²) in [6.07, 6.45) is 12.8. The van der Waals surface area contributed by atoms with Crippen molar-refractivity contribution in [3.63, 3.8) is 0 Å². The van der Waals surface area contributed by atoms with Gasteiger partial charge in [0.2, 0.25) is 12.8 Å². The minimum absolute atomic E-state index is 0.0115. The van der Waals surface area contributed by atoms with Gasteiger partial charge in [0.25, 0.3) is 0 Å². The fraction of sp³-hybridized carbons (Fsp3) is 0.846. The van der Waals surface area contributed by atoms with Crippen LogP contribution < -0.4 is 10.6 Å². The predicted molar refractivity (Wildman–Crippen MR) is 132 cm³/mol. The van der Waals surface area contributed by atoms with Crippen LogP contribution in [0.5, 0.6) is 0 Å². The van der Waals surface area contributed by atoms with E-state index in [-0.39, 0.29) is 34.2 Å². The zero-order chi connectivity index (χ0) is 24.2. The van der Waals surface area contributed by atoms with Crippen molar-refractivity contribution < 1.29 is 9.59 Å². The van der Waals surface area contributed by atoms with Crippen molar-refractivity contribution in [3.05, 3.63) is 12.3 Å². The van der Waals surface area contributed by atoms with Crippen LogP contribution in [0.15, 0.2) is 12.3 Å². The van der Waals surface area contributed by atoms with Crippen molar-refractivity contribution in [2.24, 2.45) is 0 Å². The van der Waals surface area contributed by atoms with E-state index in [1.807, 2.05) is 16.0 Å². The number of piperidine rings is 2. The Bertz CT molecular complexity index is 637. The molecule has 0 aliphatic carbocycles. The van der Waals surface area contributed by atoms with E-state index < -0.39 is 0 Å². The first-order chi connectivity index (χ1) is 14.7. The highest BCUT2D eigenvalue weighted by Gasteiger charge is 2.40. The summed E-state index contributed by atoms with van der Waals surface area (Å²) in [5.41, 5.74) is 0.0914.